The van der Waals surface area contributed by atoms with Gasteiger partial charge in [0, 0.05) is 18.8 Å². The van der Waals surface area contributed by atoms with Crippen molar-refractivity contribution in [3.63, 3.8) is 0 Å². The summed E-state index contributed by atoms with van der Waals surface area (Å²) in [7, 11) is 0.194. The average Bonchev–Trinajstić information content (AvgIpc) is 2.43. The summed E-state index contributed by atoms with van der Waals surface area (Å²) in [6, 6.07) is 0.571. The highest BCUT2D eigenvalue weighted by Gasteiger charge is 2.34. The summed E-state index contributed by atoms with van der Waals surface area (Å²) in [4.78, 5) is 0. The summed E-state index contributed by atoms with van der Waals surface area (Å²) in [6.45, 7) is 3.71. The lowest BCUT2D eigenvalue weighted by molar-refractivity contribution is -0.339. The van der Waals surface area contributed by atoms with Gasteiger partial charge in [-0.3, -0.25) is 0 Å². The minimum Gasteiger partial charge on any atom is -0.380 e. The molecule has 0 saturated heterocycles. The molecule has 1 aromatic carbocycles. The molecule has 20 heavy (non-hydrogen) atoms. The van der Waals surface area contributed by atoms with Crippen molar-refractivity contribution in [3.8, 4) is 0 Å². The lowest BCUT2D eigenvalue weighted by atomic mass is 10.1. The van der Waals surface area contributed by atoms with E-state index < -0.39 is 41.2 Å². The Kier molecular flexibility index (Phi) is 6.12. The Labute approximate surface area is 117 Å². The van der Waals surface area contributed by atoms with Gasteiger partial charge in [0.05, 0.1) is 6.42 Å². The van der Waals surface area contributed by atoms with Gasteiger partial charge in [0.1, 0.15) is 0 Å². The zero-order chi connectivity index (χ0) is 15.3. The van der Waals surface area contributed by atoms with Gasteiger partial charge < -0.3 is 13.9 Å². The standard InChI is InChI=1S/C12H16F4O3Si/c1-3-17-12(19-20,18-4-2)6-7-5-8(13)10(15)11(16)9(7)14/h5H,3-4,6H2,1-2,20H3. The Morgan fingerprint density at radius 1 is 1.00 bits per heavy atom. The normalized spacial score (nSPS) is 12.1. The maximum atomic E-state index is 13.7. The van der Waals surface area contributed by atoms with Crippen LogP contribution in [-0.4, -0.2) is 29.7 Å². The van der Waals surface area contributed by atoms with Gasteiger partial charge in [-0.1, -0.05) is 0 Å². The van der Waals surface area contributed by atoms with E-state index in [9.17, 15) is 17.6 Å². The van der Waals surface area contributed by atoms with E-state index in [-0.39, 0.29) is 23.7 Å². The van der Waals surface area contributed by atoms with Crippen molar-refractivity contribution in [2.24, 2.45) is 0 Å². The fourth-order valence-corrected chi connectivity index (χ4v) is 2.14. The van der Waals surface area contributed by atoms with E-state index in [1.165, 1.54) is 0 Å². The first-order valence-corrected chi connectivity index (χ1v) is 6.87. The first-order valence-electron chi connectivity index (χ1n) is 6.05. The van der Waals surface area contributed by atoms with Crippen LogP contribution in [0.25, 0.3) is 0 Å². The zero-order valence-corrected chi connectivity index (χ0v) is 13.4. The van der Waals surface area contributed by atoms with Crippen molar-refractivity contribution in [2.75, 3.05) is 13.2 Å². The zero-order valence-electron chi connectivity index (χ0n) is 11.4. The molecule has 3 nitrogen and oxygen atoms in total. The van der Waals surface area contributed by atoms with E-state index in [1.807, 2.05) is 0 Å². The SMILES string of the molecule is CCOC(Cc1cc(F)c(F)c(F)c1F)(O[SiH3])OCC. The second-order valence-corrected chi connectivity index (χ2v) is 4.30. The molecule has 114 valence electrons. The minimum atomic E-state index is -1.87. The highest BCUT2D eigenvalue weighted by Crippen LogP contribution is 2.26. The van der Waals surface area contributed by atoms with Crippen molar-refractivity contribution < 1.29 is 31.5 Å². The van der Waals surface area contributed by atoms with Gasteiger partial charge in [-0.15, -0.1) is 0 Å². The van der Waals surface area contributed by atoms with Crippen molar-refractivity contribution in [2.45, 2.75) is 26.2 Å². The molecule has 0 N–H and O–H groups in total. The minimum absolute atomic E-state index is 0.190. The van der Waals surface area contributed by atoms with Crippen molar-refractivity contribution >= 4 is 10.5 Å². The predicted molar refractivity (Wildman–Crippen MR) is 67.0 cm³/mol. The van der Waals surface area contributed by atoms with Crippen LogP contribution in [0.5, 0.6) is 0 Å². The number of hydrogen-bond acceptors (Lipinski definition) is 3. The number of ether oxygens (including phenoxy) is 2. The van der Waals surface area contributed by atoms with Gasteiger partial charge in [0.2, 0.25) is 0 Å². The van der Waals surface area contributed by atoms with Gasteiger partial charge in [-0.05, 0) is 19.9 Å². The topological polar surface area (TPSA) is 27.7 Å². The van der Waals surface area contributed by atoms with Gasteiger partial charge in [0.15, 0.2) is 33.8 Å². The molecule has 0 aliphatic carbocycles. The Hall–Kier alpha value is -0.963. The summed E-state index contributed by atoms with van der Waals surface area (Å²) >= 11 is 0. The van der Waals surface area contributed by atoms with Crippen molar-refractivity contribution in [1.82, 2.24) is 0 Å². The van der Waals surface area contributed by atoms with Gasteiger partial charge >= 0.3 is 0 Å². The van der Waals surface area contributed by atoms with Crippen LogP contribution in [0.1, 0.15) is 19.4 Å². The molecule has 0 aromatic heterocycles. The van der Waals surface area contributed by atoms with Crippen LogP contribution in [0.15, 0.2) is 6.07 Å². The van der Waals surface area contributed by atoms with Gasteiger partial charge in [0.25, 0.3) is 5.97 Å². The summed E-state index contributed by atoms with van der Waals surface area (Å²) in [5.74, 6) is -8.29. The molecule has 0 radical (unpaired) electrons. The first kappa shape index (κ1) is 17.1. The fourth-order valence-electron chi connectivity index (χ4n) is 1.76. The smallest absolute Gasteiger partial charge is 0.276 e. The van der Waals surface area contributed by atoms with E-state index in [1.54, 1.807) is 13.8 Å². The second-order valence-electron chi connectivity index (χ2n) is 3.89. The number of halogens is 4. The Balaban J connectivity index is 3.17. The third kappa shape index (κ3) is 3.57. The van der Waals surface area contributed by atoms with Crippen molar-refractivity contribution in [3.05, 3.63) is 34.9 Å². The Morgan fingerprint density at radius 3 is 2.00 bits per heavy atom. The van der Waals surface area contributed by atoms with Crippen LogP contribution in [-0.2, 0) is 20.3 Å². The molecule has 0 saturated carbocycles. The third-order valence-electron chi connectivity index (χ3n) is 2.62. The molecule has 1 rings (SSSR count). The Bertz CT molecular complexity index is 465. The van der Waals surface area contributed by atoms with Gasteiger partial charge in [-0.25, -0.2) is 17.6 Å². The number of benzene rings is 1. The maximum absolute atomic E-state index is 13.7. The van der Waals surface area contributed by atoms with Crippen LogP contribution < -0.4 is 0 Å². The molecule has 0 unspecified atom stereocenters. The summed E-state index contributed by atoms with van der Waals surface area (Å²) in [5.41, 5.74) is -0.417. The summed E-state index contributed by atoms with van der Waals surface area (Å²) in [5, 5.41) is 0. The molecule has 0 heterocycles. The Morgan fingerprint density at radius 2 is 1.55 bits per heavy atom. The molecule has 0 fully saturated rings. The highest BCUT2D eigenvalue weighted by atomic mass is 28.2. The lowest BCUT2D eigenvalue weighted by Gasteiger charge is -2.32. The van der Waals surface area contributed by atoms with Crippen LogP contribution in [0, 0.1) is 23.3 Å². The molecule has 0 spiro atoms. The molecule has 0 aliphatic heterocycles. The molecular formula is C12H16F4O3Si. The maximum Gasteiger partial charge on any atom is 0.276 e. The monoisotopic (exact) mass is 312 g/mol. The third-order valence-corrected chi connectivity index (χ3v) is 3.25. The largest absolute Gasteiger partial charge is 0.380 e. The summed E-state index contributed by atoms with van der Waals surface area (Å²) < 4.78 is 68.7. The highest BCUT2D eigenvalue weighted by molar-refractivity contribution is 5.98. The van der Waals surface area contributed by atoms with Crippen molar-refractivity contribution in [1.29, 1.82) is 0 Å². The summed E-state index contributed by atoms with van der Waals surface area (Å²) in [6.07, 6.45) is -0.391. The van der Waals surface area contributed by atoms with Gasteiger partial charge in [-0.2, -0.15) is 0 Å². The molecule has 0 aliphatic rings. The number of rotatable bonds is 7. The molecule has 8 heteroatoms. The second kappa shape index (κ2) is 7.16. The fraction of sp³-hybridized carbons (Fsp3) is 0.500. The molecule has 0 amide bonds. The number of hydrogen-bond donors (Lipinski definition) is 0. The van der Waals surface area contributed by atoms with E-state index >= 15 is 0 Å². The van der Waals surface area contributed by atoms with Crippen LogP contribution >= 0.6 is 0 Å². The average molecular weight is 312 g/mol. The quantitative estimate of drug-likeness (QED) is 0.253. The van der Waals surface area contributed by atoms with E-state index in [4.69, 9.17) is 13.9 Å². The van der Waals surface area contributed by atoms with E-state index in [0.29, 0.717) is 6.07 Å². The molecule has 0 bridgehead atoms. The molecule has 0 atom stereocenters. The van der Waals surface area contributed by atoms with E-state index in [0.717, 1.165) is 0 Å². The molecular weight excluding hydrogens is 296 g/mol. The van der Waals surface area contributed by atoms with Crippen LogP contribution in [0.3, 0.4) is 0 Å². The van der Waals surface area contributed by atoms with Crippen LogP contribution in [0.2, 0.25) is 0 Å². The molecule has 1 aromatic rings. The predicted octanol–water partition coefficient (Wildman–Crippen LogP) is 1.81. The van der Waals surface area contributed by atoms with E-state index in [2.05, 4.69) is 0 Å². The van der Waals surface area contributed by atoms with Crippen LogP contribution in [0.4, 0.5) is 17.6 Å². The first-order chi connectivity index (χ1) is 9.40. The lowest BCUT2D eigenvalue weighted by Crippen LogP contribution is -2.41.